The number of carbonyl (C=O) groups is 1. The summed E-state index contributed by atoms with van der Waals surface area (Å²) in [6, 6.07) is 31.6. The molecule has 1 atom stereocenters. The van der Waals surface area contributed by atoms with Gasteiger partial charge in [0, 0.05) is 11.8 Å². The molecule has 0 spiro atoms. The molecule has 0 amide bonds. The maximum absolute atomic E-state index is 10.6. The van der Waals surface area contributed by atoms with Crippen LogP contribution in [0.4, 0.5) is 0 Å². The smallest absolute Gasteiger partial charge is 0.132 e. The molecule has 0 aliphatic carbocycles. The van der Waals surface area contributed by atoms with E-state index < -0.39 is 0 Å². The standard InChI is InChI=1S/C14H14.C8H16O.C8H10.2C4H10/c1-12(13-8-4-2-5-9-13)14-10-6-3-7-11-14;1-4-5-6-7(2)8(3)9;1-2-8-6-4-3-5-7-8;2*1-3-4-2/h2-12H,1H3;7H,4-6H2,1-3H3;3-7H,2H2,1H3;2*3-4H2,1-2H3. The molecule has 0 radical (unpaired) electrons. The highest BCUT2D eigenvalue weighted by Gasteiger charge is 2.06. The molecule has 0 saturated carbocycles. The average Bonchev–Trinajstić information content (AvgIpc) is 3.01. The van der Waals surface area contributed by atoms with E-state index >= 15 is 0 Å². The molecule has 3 aromatic rings. The topological polar surface area (TPSA) is 17.1 Å². The van der Waals surface area contributed by atoms with E-state index in [1.807, 2.05) is 13.0 Å². The van der Waals surface area contributed by atoms with Gasteiger partial charge in [-0.05, 0) is 36.5 Å². The van der Waals surface area contributed by atoms with Gasteiger partial charge in [0.05, 0.1) is 0 Å². The highest BCUT2D eigenvalue weighted by Crippen LogP contribution is 2.22. The second-order valence-electron chi connectivity index (χ2n) is 10.0. The zero-order valence-corrected chi connectivity index (χ0v) is 26.9. The average molecular weight is 533 g/mol. The van der Waals surface area contributed by atoms with Crippen molar-refractivity contribution in [3.05, 3.63) is 108 Å². The first kappa shape index (κ1) is 38.5. The summed E-state index contributed by atoms with van der Waals surface area (Å²) in [5.41, 5.74) is 4.16. The predicted molar refractivity (Wildman–Crippen MR) is 177 cm³/mol. The molecule has 39 heavy (non-hydrogen) atoms. The molecule has 0 N–H and O–H groups in total. The van der Waals surface area contributed by atoms with Crippen LogP contribution in [0.25, 0.3) is 0 Å². The van der Waals surface area contributed by atoms with Gasteiger partial charge in [-0.1, -0.05) is 185 Å². The van der Waals surface area contributed by atoms with Crippen LogP contribution in [0.5, 0.6) is 0 Å². The number of hydrogen-bond acceptors (Lipinski definition) is 1. The summed E-state index contributed by atoms with van der Waals surface area (Å²) in [5, 5.41) is 0. The molecule has 0 bridgehead atoms. The number of aryl methyl sites for hydroxylation is 1. The molecule has 1 unspecified atom stereocenters. The summed E-state index contributed by atoms with van der Waals surface area (Å²) in [6.07, 6.45) is 9.85. The van der Waals surface area contributed by atoms with Crippen LogP contribution >= 0.6 is 0 Å². The van der Waals surface area contributed by atoms with Crippen molar-refractivity contribution >= 4 is 5.78 Å². The molecule has 0 aliphatic heterocycles. The Hall–Kier alpha value is -2.67. The normalized spacial score (nSPS) is 10.2. The Morgan fingerprint density at radius 3 is 1.18 bits per heavy atom. The highest BCUT2D eigenvalue weighted by atomic mass is 16.1. The van der Waals surface area contributed by atoms with E-state index in [1.165, 1.54) is 55.2 Å². The molecular formula is C38H60O. The summed E-state index contributed by atoms with van der Waals surface area (Å²) in [4.78, 5) is 10.6. The lowest BCUT2D eigenvalue weighted by Crippen LogP contribution is -2.05. The molecule has 3 rings (SSSR count). The lowest BCUT2D eigenvalue weighted by Gasteiger charge is -2.11. The number of Topliss-reactive ketones (excluding diaryl/α,β-unsaturated/α-hetero) is 1. The number of unbranched alkanes of at least 4 members (excludes halogenated alkanes) is 3. The first-order valence-electron chi connectivity index (χ1n) is 15.5. The Kier molecular flexibility index (Phi) is 28.0. The van der Waals surface area contributed by atoms with Crippen molar-refractivity contribution < 1.29 is 4.79 Å². The Balaban J connectivity index is 0. The van der Waals surface area contributed by atoms with E-state index in [-0.39, 0.29) is 5.92 Å². The van der Waals surface area contributed by atoms with E-state index in [2.05, 4.69) is 133 Å². The van der Waals surface area contributed by atoms with Gasteiger partial charge in [-0.15, -0.1) is 0 Å². The van der Waals surface area contributed by atoms with Crippen molar-refractivity contribution in [2.24, 2.45) is 5.92 Å². The maximum atomic E-state index is 10.6. The Morgan fingerprint density at radius 1 is 0.564 bits per heavy atom. The lowest BCUT2D eigenvalue weighted by molar-refractivity contribution is -0.120. The van der Waals surface area contributed by atoms with Gasteiger partial charge in [0.15, 0.2) is 0 Å². The zero-order chi connectivity index (χ0) is 29.7. The molecule has 1 nitrogen and oxygen atoms in total. The van der Waals surface area contributed by atoms with Crippen molar-refractivity contribution in [2.45, 2.75) is 120 Å². The molecule has 1 heteroatoms. The van der Waals surface area contributed by atoms with Crippen LogP contribution in [0.3, 0.4) is 0 Å². The molecule has 0 aromatic heterocycles. The third-order valence-electron chi connectivity index (χ3n) is 6.53. The van der Waals surface area contributed by atoms with Crippen LogP contribution in [0.2, 0.25) is 0 Å². The second-order valence-corrected chi connectivity index (χ2v) is 10.0. The van der Waals surface area contributed by atoms with Crippen LogP contribution in [-0.2, 0) is 11.2 Å². The van der Waals surface area contributed by atoms with Crippen molar-refractivity contribution in [3.63, 3.8) is 0 Å². The molecular weight excluding hydrogens is 472 g/mol. The molecule has 0 fully saturated rings. The van der Waals surface area contributed by atoms with E-state index in [0.29, 0.717) is 11.7 Å². The third kappa shape index (κ3) is 23.0. The van der Waals surface area contributed by atoms with Crippen LogP contribution in [0.1, 0.15) is 130 Å². The second kappa shape index (κ2) is 28.3. The van der Waals surface area contributed by atoms with Gasteiger partial charge in [-0.25, -0.2) is 0 Å². The van der Waals surface area contributed by atoms with Gasteiger partial charge in [0.1, 0.15) is 5.78 Å². The molecule has 0 aliphatic rings. The van der Waals surface area contributed by atoms with Crippen molar-refractivity contribution in [1.82, 2.24) is 0 Å². The fourth-order valence-electron chi connectivity index (χ4n) is 3.10. The SMILES string of the molecule is CC(c1ccccc1)c1ccccc1.CCCC.CCCC.CCCCC(C)C(C)=O.CCc1ccccc1. The summed E-state index contributed by atoms with van der Waals surface area (Å²) in [7, 11) is 0. The quantitative estimate of drug-likeness (QED) is 0.268. The first-order chi connectivity index (χ1) is 18.8. The Labute approximate surface area is 243 Å². The zero-order valence-electron chi connectivity index (χ0n) is 26.9. The van der Waals surface area contributed by atoms with Crippen molar-refractivity contribution in [2.75, 3.05) is 0 Å². The molecule has 218 valence electrons. The molecule has 0 heterocycles. The number of ketones is 1. The number of hydrogen-bond donors (Lipinski definition) is 0. The number of rotatable bonds is 9. The van der Waals surface area contributed by atoms with E-state index in [0.717, 1.165) is 12.8 Å². The van der Waals surface area contributed by atoms with Crippen LogP contribution in [0.15, 0.2) is 91.0 Å². The van der Waals surface area contributed by atoms with Gasteiger partial charge in [0.2, 0.25) is 0 Å². The van der Waals surface area contributed by atoms with Gasteiger partial charge in [0.25, 0.3) is 0 Å². The van der Waals surface area contributed by atoms with Gasteiger partial charge >= 0.3 is 0 Å². The third-order valence-corrected chi connectivity index (χ3v) is 6.53. The van der Waals surface area contributed by atoms with E-state index in [1.54, 1.807) is 6.92 Å². The van der Waals surface area contributed by atoms with Crippen LogP contribution in [-0.4, -0.2) is 5.78 Å². The van der Waals surface area contributed by atoms with Crippen molar-refractivity contribution in [1.29, 1.82) is 0 Å². The molecule has 3 aromatic carbocycles. The van der Waals surface area contributed by atoms with Crippen molar-refractivity contribution in [3.8, 4) is 0 Å². The van der Waals surface area contributed by atoms with E-state index in [9.17, 15) is 4.79 Å². The highest BCUT2D eigenvalue weighted by molar-refractivity contribution is 5.77. The van der Waals surface area contributed by atoms with Gasteiger partial charge < -0.3 is 0 Å². The van der Waals surface area contributed by atoms with Gasteiger partial charge in [-0.2, -0.15) is 0 Å². The monoisotopic (exact) mass is 532 g/mol. The fourth-order valence-corrected chi connectivity index (χ4v) is 3.10. The molecule has 0 saturated heterocycles. The lowest BCUT2D eigenvalue weighted by atomic mass is 9.93. The van der Waals surface area contributed by atoms with Crippen LogP contribution < -0.4 is 0 Å². The minimum atomic E-state index is 0.282. The Morgan fingerprint density at radius 2 is 0.923 bits per heavy atom. The fraction of sp³-hybridized carbons (Fsp3) is 0.500. The maximum Gasteiger partial charge on any atom is 0.132 e. The van der Waals surface area contributed by atoms with Crippen LogP contribution in [0, 0.1) is 5.92 Å². The predicted octanol–water partition coefficient (Wildman–Crippen LogP) is 12.1. The number of carbonyl (C=O) groups excluding carboxylic acids is 1. The Bertz CT molecular complexity index is 823. The van der Waals surface area contributed by atoms with Gasteiger partial charge in [-0.3, -0.25) is 4.79 Å². The minimum absolute atomic E-state index is 0.282. The summed E-state index contributed by atoms with van der Waals surface area (Å²) >= 11 is 0. The minimum Gasteiger partial charge on any atom is -0.300 e. The number of benzene rings is 3. The summed E-state index contributed by atoms with van der Waals surface area (Å²) in [5.74, 6) is 1.09. The first-order valence-corrected chi connectivity index (χ1v) is 15.5. The summed E-state index contributed by atoms with van der Waals surface area (Å²) in [6.45, 7) is 18.9. The summed E-state index contributed by atoms with van der Waals surface area (Å²) < 4.78 is 0. The van der Waals surface area contributed by atoms with E-state index in [4.69, 9.17) is 0 Å². The largest absolute Gasteiger partial charge is 0.300 e.